The number of ether oxygens (including phenoxy) is 1. The number of hydrogen-bond acceptors (Lipinski definition) is 1. The van der Waals surface area contributed by atoms with Gasteiger partial charge in [0.25, 0.3) is 0 Å². The van der Waals surface area contributed by atoms with Crippen LogP contribution in [0.5, 0.6) is 0 Å². The summed E-state index contributed by atoms with van der Waals surface area (Å²) in [5, 5.41) is 0. The Balaban J connectivity index is 2.01. The molecular formula is C14H10O. The Morgan fingerprint density at radius 2 is 2.07 bits per heavy atom. The van der Waals surface area contributed by atoms with Crippen LogP contribution in [0.1, 0.15) is 17.5 Å². The minimum absolute atomic E-state index is 0.174. The number of benzene rings is 1. The Kier molecular flexibility index (Phi) is 1.13. The van der Waals surface area contributed by atoms with Crippen LogP contribution in [0.4, 0.5) is 0 Å². The first-order valence-corrected chi connectivity index (χ1v) is 5.29. The van der Waals surface area contributed by atoms with Crippen molar-refractivity contribution >= 4 is 11.6 Å². The molecule has 1 aromatic carbocycles. The highest BCUT2D eigenvalue weighted by molar-refractivity contribution is 5.91. The molecule has 4 rings (SSSR count). The minimum Gasteiger partial charge on any atom is -0.470 e. The number of hydrogen-bond donors (Lipinski definition) is 0. The van der Waals surface area contributed by atoms with Crippen molar-refractivity contribution in [3.05, 3.63) is 59.4 Å². The average Bonchev–Trinajstić information content (AvgIpc) is 3.01. The molecule has 1 atom stereocenters. The van der Waals surface area contributed by atoms with E-state index < -0.39 is 0 Å². The zero-order chi connectivity index (χ0) is 9.88. The van der Waals surface area contributed by atoms with Crippen LogP contribution in [0.3, 0.4) is 0 Å². The maximum absolute atomic E-state index is 5.73. The van der Waals surface area contributed by atoms with Gasteiger partial charge in [-0.1, -0.05) is 36.4 Å². The lowest BCUT2D eigenvalue weighted by Gasteiger charge is -2.20. The SMILES string of the molecule is C1=CC23OC2=CCC=C3c2ccccc21. The van der Waals surface area contributed by atoms with Crippen molar-refractivity contribution in [2.24, 2.45) is 0 Å². The lowest BCUT2D eigenvalue weighted by atomic mass is 9.81. The van der Waals surface area contributed by atoms with Gasteiger partial charge in [-0.25, -0.2) is 0 Å². The van der Waals surface area contributed by atoms with E-state index in [2.05, 4.69) is 48.6 Å². The summed E-state index contributed by atoms with van der Waals surface area (Å²) in [5.41, 5.74) is 3.78. The summed E-state index contributed by atoms with van der Waals surface area (Å²) in [6.45, 7) is 0. The van der Waals surface area contributed by atoms with Gasteiger partial charge in [0.1, 0.15) is 5.76 Å². The maximum atomic E-state index is 5.73. The Hall–Kier alpha value is -1.76. The van der Waals surface area contributed by atoms with E-state index in [9.17, 15) is 0 Å². The molecule has 0 N–H and O–H groups in total. The van der Waals surface area contributed by atoms with Gasteiger partial charge in [0, 0.05) is 5.57 Å². The fraction of sp³-hybridized carbons (Fsp3) is 0.143. The van der Waals surface area contributed by atoms with Crippen molar-refractivity contribution in [2.75, 3.05) is 0 Å². The van der Waals surface area contributed by atoms with Gasteiger partial charge in [-0.3, -0.25) is 0 Å². The second-order valence-corrected chi connectivity index (χ2v) is 4.18. The zero-order valence-electron chi connectivity index (χ0n) is 8.23. The first-order valence-electron chi connectivity index (χ1n) is 5.29. The molecule has 3 aliphatic rings. The first-order chi connectivity index (χ1) is 7.40. The number of fused-ring (bicyclic) bond motifs is 2. The molecule has 1 aromatic rings. The van der Waals surface area contributed by atoms with Crippen LogP contribution in [0.25, 0.3) is 11.6 Å². The topological polar surface area (TPSA) is 12.5 Å². The van der Waals surface area contributed by atoms with Crippen LogP contribution >= 0.6 is 0 Å². The molecule has 1 heteroatoms. The van der Waals surface area contributed by atoms with E-state index in [1.54, 1.807) is 0 Å². The van der Waals surface area contributed by atoms with Crippen molar-refractivity contribution in [3.8, 4) is 0 Å². The van der Waals surface area contributed by atoms with Gasteiger partial charge < -0.3 is 4.74 Å². The Morgan fingerprint density at radius 3 is 3.07 bits per heavy atom. The van der Waals surface area contributed by atoms with E-state index in [0.29, 0.717) is 0 Å². The van der Waals surface area contributed by atoms with Gasteiger partial charge in [0.05, 0.1) is 0 Å². The predicted octanol–water partition coefficient (Wildman–Crippen LogP) is 3.15. The van der Waals surface area contributed by atoms with Gasteiger partial charge in [-0.2, -0.15) is 0 Å². The second-order valence-electron chi connectivity index (χ2n) is 4.18. The van der Waals surface area contributed by atoms with Crippen molar-refractivity contribution in [1.29, 1.82) is 0 Å². The van der Waals surface area contributed by atoms with E-state index in [-0.39, 0.29) is 5.60 Å². The largest absolute Gasteiger partial charge is 0.470 e. The fourth-order valence-corrected chi connectivity index (χ4v) is 2.58. The van der Waals surface area contributed by atoms with Crippen LogP contribution in [-0.4, -0.2) is 5.60 Å². The molecule has 2 aliphatic carbocycles. The smallest absolute Gasteiger partial charge is 0.209 e. The van der Waals surface area contributed by atoms with Gasteiger partial charge >= 0.3 is 0 Å². The molecule has 1 spiro atoms. The van der Waals surface area contributed by atoms with Crippen molar-refractivity contribution in [2.45, 2.75) is 12.0 Å². The zero-order valence-corrected chi connectivity index (χ0v) is 8.23. The van der Waals surface area contributed by atoms with E-state index in [0.717, 1.165) is 12.2 Å². The molecule has 1 heterocycles. The summed E-state index contributed by atoms with van der Waals surface area (Å²) in [5.74, 6) is 1.13. The Bertz CT molecular complexity index is 548. The molecule has 1 nitrogen and oxygen atoms in total. The summed E-state index contributed by atoms with van der Waals surface area (Å²) in [6.07, 6.45) is 9.78. The Labute approximate surface area is 88.4 Å². The van der Waals surface area contributed by atoms with Crippen LogP contribution in [-0.2, 0) is 4.74 Å². The highest BCUT2D eigenvalue weighted by Gasteiger charge is 2.56. The van der Waals surface area contributed by atoms with E-state index in [1.807, 2.05) is 0 Å². The van der Waals surface area contributed by atoms with Gasteiger partial charge in [-0.05, 0) is 29.7 Å². The lowest BCUT2D eigenvalue weighted by molar-refractivity contribution is 0.418. The van der Waals surface area contributed by atoms with E-state index in [4.69, 9.17) is 4.74 Å². The van der Waals surface area contributed by atoms with E-state index >= 15 is 0 Å². The normalized spacial score (nSPS) is 29.1. The van der Waals surface area contributed by atoms with Crippen LogP contribution in [0, 0.1) is 0 Å². The molecule has 1 saturated heterocycles. The van der Waals surface area contributed by atoms with Crippen LogP contribution in [0.2, 0.25) is 0 Å². The molecule has 1 unspecified atom stereocenters. The highest BCUT2D eigenvalue weighted by atomic mass is 16.6. The van der Waals surface area contributed by atoms with Crippen LogP contribution in [0.15, 0.2) is 48.3 Å². The third-order valence-electron chi connectivity index (χ3n) is 3.37. The maximum Gasteiger partial charge on any atom is 0.209 e. The Morgan fingerprint density at radius 1 is 1.13 bits per heavy atom. The minimum atomic E-state index is -0.174. The number of rotatable bonds is 0. The molecule has 72 valence electrons. The standard InChI is InChI=1S/C14H10O/c1-2-5-11-10(4-1)8-9-14-12(11)6-3-7-13(14)15-14/h1-2,4-9H,3H2. The van der Waals surface area contributed by atoms with Gasteiger partial charge in [0.2, 0.25) is 5.60 Å². The second kappa shape index (κ2) is 2.25. The summed E-state index contributed by atoms with van der Waals surface area (Å²) < 4.78 is 5.73. The molecule has 0 amide bonds. The summed E-state index contributed by atoms with van der Waals surface area (Å²) in [6, 6.07) is 8.50. The van der Waals surface area contributed by atoms with Crippen molar-refractivity contribution in [3.63, 3.8) is 0 Å². The third kappa shape index (κ3) is 0.793. The quantitative estimate of drug-likeness (QED) is 0.578. The predicted molar refractivity (Wildman–Crippen MR) is 60.0 cm³/mol. The molecule has 1 aliphatic heterocycles. The summed E-state index contributed by atoms with van der Waals surface area (Å²) in [4.78, 5) is 0. The summed E-state index contributed by atoms with van der Waals surface area (Å²) >= 11 is 0. The van der Waals surface area contributed by atoms with Crippen LogP contribution < -0.4 is 0 Å². The number of allylic oxidation sites excluding steroid dienone is 2. The molecule has 0 saturated carbocycles. The molecule has 0 aromatic heterocycles. The molecule has 1 fully saturated rings. The van der Waals surface area contributed by atoms with E-state index in [1.165, 1.54) is 16.7 Å². The highest BCUT2D eigenvalue weighted by Crippen LogP contribution is 2.56. The summed E-state index contributed by atoms with van der Waals surface area (Å²) in [7, 11) is 0. The molecule has 15 heavy (non-hydrogen) atoms. The molecule has 0 bridgehead atoms. The monoisotopic (exact) mass is 194 g/mol. The third-order valence-corrected chi connectivity index (χ3v) is 3.37. The van der Waals surface area contributed by atoms with Crippen molar-refractivity contribution < 1.29 is 4.74 Å². The van der Waals surface area contributed by atoms with Gasteiger partial charge in [-0.15, -0.1) is 0 Å². The lowest BCUT2D eigenvalue weighted by Crippen LogP contribution is -2.15. The van der Waals surface area contributed by atoms with Gasteiger partial charge in [0.15, 0.2) is 0 Å². The van der Waals surface area contributed by atoms with Crippen molar-refractivity contribution in [1.82, 2.24) is 0 Å². The molecular weight excluding hydrogens is 184 g/mol. The first kappa shape index (κ1) is 7.52. The molecule has 0 radical (unpaired) electrons. The number of epoxide rings is 1. The fourth-order valence-electron chi connectivity index (χ4n) is 2.58. The average molecular weight is 194 g/mol.